The van der Waals surface area contributed by atoms with Crippen molar-refractivity contribution in [2.24, 2.45) is 0 Å². The number of sulfonamides is 1. The van der Waals surface area contributed by atoms with Gasteiger partial charge in [0, 0.05) is 36.4 Å². The number of hydrogen-bond donors (Lipinski definition) is 0. The van der Waals surface area contributed by atoms with Gasteiger partial charge in [-0.3, -0.25) is 4.31 Å². The fraction of sp³-hybridized carbons (Fsp3) is 0.300. The maximum Gasteiger partial charge on any atom is 0.264 e. The Balaban J connectivity index is 2.08. The first-order chi connectivity index (χ1) is 12.9. The number of nitrogens with zero attached hydrogens (tertiary/aromatic N) is 2. The minimum atomic E-state index is -3.64. The van der Waals surface area contributed by atoms with E-state index < -0.39 is 10.0 Å². The first-order valence-electron chi connectivity index (χ1n) is 8.83. The molecule has 0 N–H and O–H groups in total. The molecular formula is C20H23BrN2O2S2. The molecule has 0 bridgehead atoms. The highest BCUT2D eigenvalue weighted by Gasteiger charge is 2.28. The molecule has 4 nitrogen and oxygen atoms in total. The zero-order chi connectivity index (χ0) is 19.6. The van der Waals surface area contributed by atoms with Gasteiger partial charge in [-0.15, -0.1) is 11.3 Å². The lowest BCUT2D eigenvalue weighted by molar-refractivity contribution is 0.589. The average Bonchev–Trinajstić information content (AvgIpc) is 2.99. The van der Waals surface area contributed by atoms with E-state index in [-0.39, 0.29) is 0 Å². The van der Waals surface area contributed by atoms with Crippen LogP contribution in [0.15, 0.2) is 57.9 Å². The summed E-state index contributed by atoms with van der Waals surface area (Å²) in [6.07, 6.45) is 1.73. The molecule has 0 amide bonds. The van der Waals surface area contributed by atoms with E-state index in [0.29, 0.717) is 11.4 Å². The third kappa shape index (κ3) is 4.00. The zero-order valence-electron chi connectivity index (χ0n) is 15.6. The van der Waals surface area contributed by atoms with Gasteiger partial charge in [0.2, 0.25) is 0 Å². The largest absolute Gasteiger partial charge is 0.378 e. The second kappa shape index (κ2) is 8.20. The van der Waals surface area contributed by atoms with Gasteiger partial charge in [0.25, 0.3) is 10.0 Å². The first kappa shape index (κ1) is 20.2. The molecule has 7 heteroatoms. The minimum Gasteiger partial charge on any atom is -0.378 e. The van der Waals surface area contributed by atoms with Crippen LogP contribution in [0.4, 0.5) is 10.7 Å². The lowest BCUT2D eigenvalue weighted by Crippen LogP contribution is -2.31. The lowest BCUT2D eigenvalue weighted by Gasteiger charge is -2.24. The Morgan fingerprint density at radius 3 is 2.30 bits per heavy atom. The fourth-order valence-corrected chi connectivity index (χ4v) is 6.74. The van der Waals surface area contributed by atoms with Crippen LogP contribution in [0.3, 0.4) is 0 Å². The molecule has 0 aliphatic carbocycles. The summed E-state index contributed by atoms with van der Waals surface area (Å²) in [5.74, 6) is 0. The summed E-state index contributed by atoms with van der Waals surface area (Å²) >= 11 is 5.14. The molecule has 0 aliphatic rings. The highest BCUT2D eigenvalue weighted by atomic mass is 79.9. The molecule has 1 aromatic heterocycles. The third-order valence-corrected chi connectivity index (χ3v) is 8.59. The van der Waals surface area contributed by atoms with Gasteiger partial charge in [0.1, 0.15) is 5.00 Å². The van der Waals surface area contributed by atoms with Gasteiger partial charge in [-0.2, -0.15) is 0 Å². The van der Waals surface area contributed by atoms with E-state index >= 15 is 0 Å². The first-order valence-corrected chi connectivity index (χ1v) is 11.9. The van der Waals surface area contributed by atoms with Crippen LogP contribution < -0.4 is 9.21 Å². The van der Waals surface area contributed by atoms with Crippen molar-refractivity contribution in [2.45, 2.75) is 24.7 Å². The van der Waals surface area contributed by atoms with Gasteiger partial charge >= 0.3 is 0 Å². The number of thiophene rings is 1. The Bertz CT molecular complexity index is 1030. The van der Waals surface area contributed by atoms with E-state index in [1.54, 1.807) is 16.4 Å². The van der Waals surface area contributed by atoms with Crippen LogP contribution in [0.1, 0.15) is 19.8 Å². The molecule has 0 unspecified atom stereocenters. The number of rotatable bonds is 7. The van der Waals surface area contributed by atoms with Crippen LogP contribution in [-0.2, 0) is 10.0 Å². The Morgan fingerprint density at radius 1 is 1.04 bits per heavy atom. The molecule has 0 radical (unpaired) electrons. The van der Waals surface area contributed by atoms with Gasteiger partial charge in [0.05, 0.1) is 9.37 Å². The quantitative estimate of drug-likeness (QED) is 0.446. The minimum absolute atomic E-state index is 0.313. The normalized spacial score (nSPS) is 11.7. The standard InChI is InChI=1S/C20H23BrN2O2S2/c1-4-5-14-23(20-19(21)17-8-6-7-9-18(17)26-20)27(24,25)16-12-10-15(11-13-16)22(2)3/h6-13H,4-5,14H2,1-3H3. The molecule has 0 atom stereocenters. The van der Waals surface area contributed by atoms with Crippen molar-refractivity contribution in [1.29, 1.82) is 0 Å². The predicted octanol–water partition coefficient (Wildman–Crippen LogP) is 5.73. The predicted molar refractivity (Wildman–Crippen MR) is 120 cm³/mol. The van der Waals surface area contributed by atoms with Gasteiger partial charge < -0.3 is 4.90 Å². The number of hydrogen-bond acceptors (Lipinski definition) is 4. The Hall–Kier alpha value is -1.57. The monoisotopic (exact) mass is 466 g/mol. The Morgan fingerprint density at radius 2 is 1.70 bits per heavy atom. The number of halogens is 1. The summed E-state index contributed by atoms with van der Waals surface area (Å²) in [6, 6.07) is 15.0. The van der Waals surface area contributed by atoms with Crippen molar-refractivity contribution in [3.8, 4) is 0 Å². The fourth-order valence-electron chi connectivity index (χ4n) is 2.84. The molecule has 0 fully saturated rings. The van der Waals surface area contributed by atoms with Gasteiger partial charge in [-0.25, -0.2) is 8.42 Å². The zero-order valence-corrected chi connectivity index (χ0v) is 18.9. The number of anilines is 2. The molecule has 1 heterocycles. The Labute approximate surface area is 173 Å². The highest BCUT2D eigenvalue weighted by Crippen LogP contribution is 2.43. The summed E-state index contributed by atoms with van der Waals surface area (Å²) < 4.78 is 30.4. The van der Waals surface area contributed by atoms with Crippen LogP contribution in [0.2, 0.25) is 0 Å². The van der Waals surface area contributed by atoms with Gasteiger partial charge in [0.15, 0.2) is 0 Å². The van der Waals surface area contributed by atoms with E-state index in [9.17, 15) is 8.42 Å². The molecule has 2 aromatic carbocycles. The number of fused-ring (bicyclic) bond motifs is 1. The molecule has 27 heavy (non-hydrogen) atoms. The van der Waals surface area contributed by atoms with E-state index in [1.165, 1.54) is 11.3 Å². The average molecular weight is 467 g/mol. The van der Waals surface area contributed by atoms with E-state index in [4.69, 9.17) is 0 Å². The van der Waals surface area contributed by atoms with E-state index in [1.807, 2.05) is 55.4 Å². The molecule has 0 aliphatic heterocycles. The van der Waals surface area contributed by atoms with Crippen molar-refractivity contribution in [1.82, 2.24) is 0 Å². The maximum atomic E-state index is 13.4. The SMILES string of the molecule is CCCCN(c1sc2ccccc2c1Br)S(=O)(=O)c1ccc(N(C)C)cc1. The van der Waals surface area contributed by atoms with Crippen molar-refractivity contribution >= 4 is 58.1 Å². The van der Waals surface area contributed by atoms with Crippen LogP contribution in [0, 0.1) is 0 Å². The van der Waals surface area contributed by atoms with Crippen molar-refractivity contribution in [3.05, 3.63) is 53.0 Å². The van der Waals surface area contributed by atoms with Crippen LogP contribution in [0.5, 0.6) is 0 Å². The van der Waals surface area contributed by atoms with Crippen LogP contribution in [0.25, 0.3) is 10.1 Å². The maximum absolute atomic E-state index is 13.4. The van der Waals surface area contributed by atoms with Gasteiger partial charge in [-0.1, -0.05) is 31.5 Å². The highest BCUT2D eigenvalue weighted by molar-refractivity contribution is 9.10. The third-order valence-electron chi connectivity index (χ3n) is 4.40. The van der Waals surface area contributed by atoms with Crippen molar-refractivity contribution in [2.75, 3.05) is 29.8 Å². The summed E-state index contributed by atoms with van der Waals surface area (Å²) in [5, 5.41) is 1.78. The Kier molecular flexibility index (Phi) is 6.13. The molecule has 3 aromatic rings. The van der Waals surface area contributed by atoms with Crippen molar-refractivity contribution in [3.63, 3.8) is 0 Å². The molecule has 0 saturated heterocycles. The van der Waals surface area contributed by atoms with Crippen LogP contribution >= 0.6 is 27.3 Å². The molecule has 0 saturated carbocycles. The lowest BCUT2D eigenvalue weighted by atomic mass is 10.3. The molecule has 3 rings (SSSR count). The second-order valence-corrected chi connectivity index (χ2v) is 10.2. The smallest absolute Gasteiger partial charge is 0.264 e. The molecular weight excluding hydrogens is 444 g/mol. The van der Waals surface area contributed by atoms with E-state index in [2.05, 4.69) is 22.9 Å². The van der Waals surface area contributed by atoms with Crippen LogP contribution in [-0.4, -0.2) is 29.1 Å². The second-order valence-electron chi connectivity index (χ2n) is 6.54. The van der Waals surface area contributed by atoms with E-state index in [0.717, 1.165) is 38.1 Å². The number of unbranched alkanes of at least 4 members (excludes halogenated alkanes) is 1. The summed E-state index contributed by atoms with van der Waals surface area (Å²) in [7, 11) is 0.228. The van der Waals surface area contributed by atoms with Crippen molar-refractivity contribution < 1.29 is 8.42 Å². The summed E-state index contributed by atoms with van der Waals surface area (Å²) in [5.41, 5.74) is 0.970. The molecule has 0 spiro atoms. The van der Waals surface area contributed by atoms with Gasteiger partial charge in [-0.05, 0) is 52.7 Å². The summed E-state index contributed by atoms with van der Waals surface area (Å²) in [6.45, 7) is 2.52. The number of benzene rings is 2. The summed E-state index contributed by atoms with van der Waals surface area (Å²) in [4.78, 5) is 2.27. The molecule has 144 valence electrons. The topological polar surface area (TPSA) is 40.6 Å².